The third kappa shape index (κ3) is 9.38. The lowest BCUT2D eigenvalue weighted by Crippen LogP contribution is -2.45. The van der Waals surface area contributed by atoms with Gasteiger partial charge in [-0.05, 0) is 74.7 Å². The summed E-state index contributed by atoms with van der Waals surface area (Å²) in [6.45, 7) is 4.39. The van der Waals surface area contributed by atoms with E-state index in [9.17, 15) is 40.7 Å². The first-order valence-electron chi connectivity index (χ1n) is 13.1. The van der Waals surface area contributed by atoms with Gasteiger partial charge in [0.2, 0.25) is 5.91 Å². The number of hydrogen-bond acceptors (Lipinski definition) is 5. The molecule has 0 saturated carbocycles. The van der Waals surface area contributed by atoms with E-state index in [0.717, 1.165) is 22.6 Å². The second kappa shape index (κ2) is 13.0. The zero-order chi connectivity index (χ0) is 32.2. The summed E-state index contributed by atoms with van der Waals surface area (Å²) in [5.74, 6) is -1.25. The highest BCUT2D eigenvalue weighted by Gasteiger charge is 2.37. The Morgan fingerprint density at radius 2 is 1.70 bits per heavy atom. The fourth-order valence-corrected chi connectivity index (χ4v) is 4.21. The van der Waals surface area contributed by atoms with Crippen LogP contribution >= 0.6 is 0 Å². The molecule has 1 heterocycles. The van der Waals surface area contributed by atoms with Gasteiger partial charge < -0.3 is 19.5 Å². The number of fused-ring (bicyclic) bond motifs is 1. The van der Waals surface area contributed by atoms with E-state index in [1.807, 2.05) is 0 Å². The average molecular weight is 617 g/mol. The van der Waals surface area contributed by atoms with Gasteiger partial charge in [-0.15, -0.1) is 0 Å². The molecule has 1 aliphatic rings. The molecule has 2 aromatic carbocycles. The van der Waals surface area contributed by atoms with Crippen LogP contribution in [-0.4, -0.2) is 59.8 Å². The predicted molar refractivity (Wildman–Crippen MR) is 144 cm³/mol. The van der Waals surface area contributed by atoms with Gasteiger partial charge in [0.25, 0.3) is 0 Å². The number of rotatable bonds is 9. The zero-order valence-corrected chi connectivity index (χ0v) is 23.5. The molecule has 1 N–H and O–H groups in total. The van der Waals surface area contributed by atoms with Crippen LogP contribution in [0.2, 0.25) is 0 Å². The molecule has 0 bridgehead atoms. The Bertz CT molecular complexity index is 1380. The van der Waals surface area contributed by atoms with Crippen LogP contribution in [0.15, 0.2) is 42.5 Å². The number of aliphatic carboxylic acids is 1. The van der Waals surface area contributed by atoms with Gasteiger partial charge in [-0.25, -0.2) is 4.79 Å². The van der Waals surface area contributed by atoms with Crippen molar-refractivity contribution in [1.82, 2.24) is 4.90 Å². The predicted octanol–water partition coefficient (Wildman–Crippen LogP) is 6.42. The first-order chi connectivity index (χ1) is 19.8. The molecule has 0 radical (unpaired) electrons. The number of nitrogens with zero attached hydrogens (tertiary/aromatic N) is 2. The lowest BCUT2D eigenvalue weighted by molar-refractivity contribution is -0.143. The minimum Gasteiger partial charge on any atom is -0.490 e. The summed E-state index contributed by atoms with van der Waals surface area (Å²) in [5.41, 5.74) is -2.85. The standard InChI is InChI=1S/C29H30F6N2O6/c1-27(2,3)43-26(41)36(12-11-25(39)40)17-24(38)37-13-10-19-15-21(8-9-23(19)37)42-14-4-5-18-6-7-20(28(30,31)32)16-22(18)29(33,34)35/h4-9,15-16H,10-14,17H2,1-3H3,(H,39,40)/b5-4+. The number of benzene rings is 2. The summed E-state index contributed by atoms with van der Waals surface area (Å²) in [7, 11) is 0. The van der Waals surface area contributed by atoms with E-state index < -0.39 is 59.2 Å². The fraction of sp³-hybridized carbons (Fsp3) is 0.414. The van der Waals surface area contributed by atoms with E-state index in [0.29, 0.717) is 23.9 Å². The largest absolute Gasteiger partial charge is 0.490 e. The van der Waals surface area contributed by atoms with Gasteiger partial charge in [0.1, 0.15) is 24.5 Å². The second-order valence-corrected chi connectivity index (χ2v) is 10.6. The van der Waals surface area contributed by atoms with Crippen LogP contribution in [0.1, 0.15) is 49.4 Å². The first-order valence-corrected chi connectivity index (χ1v) is 13.1. The number of halogens is 6. The van der Waals surface area contributed by atoms with Crippen molar-refractivity contribution in [1.29, 1.82) is 0 Å². The Kier molecular flexibility index (Phi) is 10.0. The van der Waals surface area contributed by atoms with Crippen molar-refractivity contribution in [3.8, 4) is 5.75 Å². The lowest BCUT2D eigenvalue weighted by atomic mass is 10.0. The first kappa shape index (κ1) is 33.3. The SMILES string of the molecule is CC(C)(C)OC(=O)N(CCC(=O)O)CC(=O)N1CCc2cc(OC/C=C/c3ccc(C(F)(F)F)cc3C(F)(F)F)ccc21. The fourth-order valence-electron chi connectivity index (χ4n) is 4.21. The van der Waals surface area contributed by atoms with Crippen molar-refractivity contribution in [3.05, 3.63) is 64.7 Å². The highest BCUT2D eigenvalue weighted by molar-refractivity contribution is 5.98. The molecule has 0 saturated heterocycles. The van der Waals surface area contributed by atoms with Gasteiger partial charge in [-0.2, -0.15) is 26.3 Å². The molecule has 0 atom stereocenters. The molecule has 2 amide bonds. The average Bonchev–Trinajstić information content (AvgIpc) is 3.30. The number of carboxylic acids is 1. The van der Waals surface area contributed by atoms with Gasteiger partial charge in [-0.3, -0.25) is 14.5 Å². The summed E-state index contributed by atoms with van der Waals surface area (Å²) in [6.07, 6.45) is -8.41. The Balaban J connectivity index is 1.66. The molecule has 0 fully saturated rings. The summed E-state index contributed by atoms with van der Waals surface area (Å²) in [4.78, 5) is 39.2. The van der Waals surface area contributed by atoms with Crippen LogP contribution in [0.4, 0.5) is 36.8 Å². The summed E-state index contributed by atoms with van der Waals surface area (Å²) in [5, 5.41) is 9.02. The maximum absolute atomic E-state index is 13.3. The van der Waals surface area contributed by atoms with Gasteiger partial charge in [0.05, 0.1) is 17.5 Å². The molecule has 8 nitrogen and oxygen atoms in total. The highest BCUT2D eigenvalue weighted by atomic mass is 19.4. The number of hydrogen-bond donors (Lipinski definition) is 1. The van der Waals surface area contributed by atoms with E-state index in [1.165, 1.54) is 17.0 Å². The third-order valence-electron chi connectivity index (χ3n) is 6.15. The van der Waals surface area contributed by atoms with E-state index in [2.05, 4.69) is 0 Å². The van der Waals surface area contributed by atoms with Crippen LogP contribution in [0.25, 0.3) is 6.08 Å². The zero-order valence-electron chi connectivity index (χ0n) is 23.5. The summed E-state index contributed by atoms with van der Waals surface area (Å²) < 4.78 is 89.5. The molecule has 3 rings (SSSR count). The molecule has 0 aromatic heterocycles. The van der Waals surface area contributed by atoms with Gasteiger partial charge in [0, 0.05) is 18.8 Å². The normalized spacial score (nSPS) is 13.7. The van der Waals surface area contributed by atoms with Crippen molar-refractivity contribution in [2.24, 2.45) is 0 Å². The number of anilines is 1. The minimum absolute atomic E-state index is 0.0625. The van der Waals surface area contributed by atoms with Crippen molar-refractivity contribution in [2.45, 2.75) is 51.6 Å². The van der Waals surface area contributed by atoms with Gasteiger partial charge in [0.15, 0.2) is 0 Å². The topological polar surface area (TPSA) is 96.4 Å². The quantitative estimate of drug-likeness (QED) is 0.327. The Hall–Kier alpha value is -4.23. The molecular formula is C29H30F6N2O6. The molecule has 43 heavy (non-hydrogen) atoms. The second-order valence-electron chi connectivity index (χ2n) is 10.6. The van der Waals surface area contributed by atoms with E-state index in [4.69, 9.17) is 14.6 Å². The number of carbonyl (C=O) groups is 3. The molecule has 234 valence electrons. The maximum atomic E-state index is 13.3. The molecule has 0 spiro atoms. The maximum Gasteiger partial charge on any atom is 0.417 e. The Labute approximate surface area is 243 Å². The van der Waals surface area contributed by atoms with Crippen molar-refractivity contribution in [3.63, 3.8) is 0 Å². The molecule has 1 aliphatic heterocycles. The summed E-state index contributed by atoms with van der Waals surface area (Å²) in [6, 6.07) is 6.16. The number of carbonyl (C=O) groups excluding carboxylic acids is 2. The number of amides is 2. The Morgan fingerprint density at radius 3 is 2.30 bits per heavy atom. The number of carboxylic acid groups (broad SMARTS) is 1. The van der Waals surface area contributed by atoms with Crippen LogP contribution < -0.4 is 9.64 Å². The van der Waals surface area contributed by atoms with E-state index >= 15 is 0 Å². The molecule has 14 heteroatoms. The van der Waals surface area contributed by atoms with E-state index in [-0.39, 0.29) is 32.2 Å². The van der Waals surface area contributed by atoms with Crippen LogP contribution in [0, 0.1) is 0 Å². The number of ether oxygens (including phenoxy) is 2. The highest BCUT2D eigenvalue weighted by Crippen LogP contribution is 2.38. The molecule has 2 aromatic rings. The van der Waals surface area contributed by atoms with Crippen molar-refractivity contribution >= 4 is 29.7 Å². The monoisotopic (exact) mass is 616 g/mol. The number of alkyl halides is 6. The smallest absolute Gasteiger partial charge is 0.417 e. The van der Waals surface area contributed by atoms with E-state index in [1.54, 1.807) is 32.9 Å². The van der Waals surface area contributed by atoms with Gasteiger partial charge in [-0.1, -0.05) is 12.1 Å². The van der Waals surface area contributed by atoms with Crippen LogP contribution in [0.5, 0.6) is 5.75 Å². The summed E-state index contributed by atoms with van der Waals surface area (Å²) >= 11 is 0. The third-order valence-corrected chi connectivity index (χ3v) is 6.15. The minimum atomic E-state index is -4.99. The van der Waals surface area contributed by atoms with Crippen LogP contribution in [0.3, 0.4) is 0 Å². The van der Waals surface area contributed by atoms with Gasteiger partial charge >= 0.3 is 24.4 Å². The van der Waals surface area contributed by atoms with Crippen LogP contribution in [-0.2, 0) is 33.1 Å². The van der Waals surface area contributed by atoms with Crippen molar-refractivity contribution in [2.75, 3.05) is 31.1 Å². The molecular weight excluding hydrogens is 586 g/mol. The Morgan fingerprint density at radius 1 is 1.00 bits per heavy atom. The lowest BCUT2D eigenvalue weighted by Gasteiger charge is -2.28. The van der Waals surface area contributed by atoms with Crippen molar-refractivity contribution < 1.29 is 55.3 Å². The molecule has 0 aliphatic carbocycles. The molecule has 0 unspecified atom stereocenters.